The second kappa shape index (κ2) is 10.9. The van der Waals surface area contributed by atoms with Crippen molar-refractivity contribution in [3.63, 3.8) is 0 Å². The summed E-state index contributed by atoms with van der Waals surface area (Å²) >= 11 is 0. The smallest absolute Gasteiger partial charge is 0.208 e. The van der Waals surface area contributed by atoms with Gasteiger partial charge in [0.15, 0.2) is 5.78 Å². The standard InChI is InChI=1S/C29H31F2N5O2/c1-18(2)23-15-26(25(31)16-24(23)30)33-29-34-27-14-21(6-7-28(27)35(29)3)38-22-8-9-32-19(13-22)12-20(37)17-36-10-4-5-11-36/h6-9,13-16,18H,4-5,10-12,17H2,1-3H3,(H,33,34). The number of aromatic nitrogens is 3. The van der Waals surface area contributed by atoms with Gasteiger partial charge in [0.05, 0.1) is 35.4 Å². The Hall–Kier alpha value is -3.85. The number of hydrogen-bond donors (Lipinski definition) is 1. The van der Waals surface area contributed by atoms with Crippen molar-refractivity contribution >= 4 is 28.5 Å². The molecule has 0 atom stereocenters. The molecule has 0 bridgehead atoms. The van der Waals surface area contributed by atoms with Crippen LogP contribution in [0.3, 0.4) is 0 Å². The van der Waals surface area contributed by atoms with Gasteiger partial charge in [-0.3, -0.25) is 14.7 Å². The van der Waals surface area contributed by atoms with E-state index in [2.05, 4.69) is 20.2 Å². The van der Waals surface area contributed by atoms with E-state index < -0.39 is 11.6 Å². The number of imidazole rings is 1. The minimum absolute atomic E-state index is 0.0896. The molecule has 0 saturated carbocycles. The lowest BCUT2D eigenvalue weighted by atomic mass is 10.0. The first kappa shape index (κ1) is 25.8. The number of hydrogen-bond acceptors (Lipinski definition) is 6. The van der Waals surface area contributed by atoms with Crippen LogP contribution in [0.2, 0.25) is 0 Å². The number of nitrogens with one attached hydrogen (secondary N) is 1. The number of likely N-dealkylation sites (tertiary alicyclic amines) is 1. The van der Waals surface area contributed by atoms with Gasteiger partial charge >= 0.3 is 0 Å². The molecule has 1 aliphatic rings. The molecule has 1 aliphatic heterocycles. The lowest BCUT2D eigenvalue weighted by Gasteiger charge is -2.13. The van der Waals surface area contributed by atoms with Crippen LogP contribution >= 0.6 is 0 Å². The third-order valence-corrected chi connectivity index (χ3v) is 6.81. The number of ketones is 1. The molecule has 2 aromatic heterocycles. The fourth-order valence-electron chi connectivity index (χ4n) is 4.78. The van der Waals surface area contributed by atoms with E-state index in [9.17, 15) is 13.6 Å². The maximum Gasteiger partial charge on any atom is 0.208 e. The van der Waals surface area contributed by atoms with Crippen molar-refractivity contribution in [3.8, 4) is 11.5 Å². The Morgan fingerprint density at radius 3 is 2.58 bits per heavy atom. The second-order valence-corrected chi connectivity index (χ2v) is 10.1. The Bertz CT molecular complexity index is 1480. The van der Waals surface area contributed by atoms with Gasteiger partial charge in [-0.05, 0) is 61.7 Å². The number of nitrogens with zero attached hydrogens (tertiary/aromatic N) is 4. The van der Waals surface area contributed by atoms with Crippen LogP contribution < -0.4 is 10.1 Å². The molecule has 0 unspecified atom stereocenters. The summed E-state index contributed by atoms with van der Waals surface area (Å²) in [5.41, 5.74) is 2.72. The van der Waals surface area contributed by atoms with Gasteiger partial charge in [-0.25, -0.2) is 13.8 Å². The first-order valence-electron chi connectivity index (χ1n) is 12.9. The van der Waals surface area contributed by atoms with Crippen LogP contribution in [0.1, 0.15) is 43.9 Å². The number of carbonyl (C=O) groups is 1. The molecule has 0 amide bonds. The molecule has 38 heavy (non-hydrogen) atoms. The topological polar surface area (TPSA) is 72.3 Å². The average molecular weight is 520 g/mol. The zero-order chi connectivity index (χ0) is 26.8. The predicted molar refractivity (Wildman–Crippen MR) is 143 cm³/mol. The molecule has 0 aliphatic carbocycles. The SMILES string of the molecule is CC(C)c1cc(Nc2nc3cc(Oc4ccnc(CC(=O)CN5CCCC5)c4)ccc3n2C)c(F)cc1F. The van der Waals surface area contributed by atoms with Gasteiger partial charge in [-0.1, -0.05) is 13.8 Å². The molecule has 7 nitrogen and oxygen atoms in total. The van der Waals surface area contributed by atoms with Crippen LogP contribution in [0.25, 0.3) is 11.0 Å². The summed E-state index contributed by atoms with van der Waals surface area (Å²) < 4.78 is 36.5. The lowest BCUT2D eigenvalue weighted by molar-refractivity contribution is -0.119. The van der Waals surface area contributed by atoms with Crippen LogP contribution in [-0.4, -0.2) is 44.9 Å². The number of aryl methyl sites for hydroxylation is 1. The van der Waals surface area contributed by atoms with E-state index in [0.29, 0.717) is 40.8 Å². The van der Waals surface area contributed by atoms with Crippen LogP contribution in [0.15, 0.2) is 48.7 Å². The fraction of sp³-hybridized carbons (Fsp3) is 0.345. The second-order valence-electron chi connectivity index (χ2n) is 10.1. The average Bonchev–Trinajstić information content (AvgIpc) is 3.48. The highest BCUT2D eigenvalue weighted by Crippen LogP contribution is 2.31. The quantitative estimate of drug-likeness (QED) is 0.288. The maximum absolute atomic E-state index is 14.5. The number of rotatable bonds is 9. The number of benzene rings is 2. The molecular formula is C29H31F2N5O2. The molecule has 2 aromatic carbocycles. The Labute approximate surface area is 220 Å². The van der Waals surface area contributed by atoms with E-state index in [1.807, 2.05) is 33.0 Å². The van der Waals surface area contributed by atoms with Crippen LogP contribution in [0.4, 0.5) is 20.4 Å². The molecular weight excluding hydrogens is 488 g/mol. The monoisotopic (exact) mass is 519 g/mol. The van der Waals surface area contributed by atoms with E-state index in [-0.39, 0.29) is 23.8 Å². The molecule has 198 valence electrons. The number of pyridine rings is 1. The van der Waals surface area contributed by atoms with Gasteiger partial charge in [0, 0.05) is 31.4 Å². The van der Waals surface area contributed by atoms with Crippen LogP contribution in [0.5, 0.6) is 11.5 Å². The number of Topliss-reactive ketones (excluding diaryl/α,β-unsaturated/α-hetero) is 1. The summed E-state index contributed by atoms with van der Waals surface area (Å²) in [5, 5.41) is 3.00. The number of anilines is 2. The van der Waals surface area contributed by atoms with Crippen molar-refractivity contribution in [2.45, 2.75) is 39.0 Å². The molecule has 1 N–H and O–H groups in total. The van der Waals surface area contributed by atoms with Crippen molar-refractivity contribution in [2.75, 3.05) is 25.0 Å². The van der Waals surface area contributed by atoms with Gasteiger partial charge in [-0.15, -0.1) is 0 Å². The van der Waals surface area contributed by atoms with E-state index >= 15 is 0 Å². The highest BCUT2D eigenvalue weighted by atomic mass is 19.1. The molecule has 5 rings (SSSR count). The van der Waals surface area contributed by atoms with Gasteiger partial charge < -0.3 is 14.6 Å². The zero-order valence-electron chi connectivity index (χ0n) is 21.8. The summed E-state index contributed by atoms with van der Waals surface area (Å²) in [5.74, 6) is 0.364. The minimum Gasteiger partial charge on any atom is -0.457 e. The fourth-order valence-corrected chi connectivity index (χ4v) is 4.78. The molecule has 0 spiro atoms. The summed E-state index contributed by atoms with van der Waals surface area (Å²) in [6.45, 7) is 6.13. The molecule has 1 fully saturated rings. The van der Waals surface area contributed by atoms with Gasteiger partial charge in [0.2, 0.25) is 5.95 Å². The largest absolute Gasteiger partial charge is 0.457 e. The van der Waals surface area contributed by atoms with Crippen molar-refractivity contribution in [3.05, 3.63) is 71.6 Å². The highest BCUT2D eigenvalue weighted by Gasteiger charge is 2.17. The van der Waals surface area contributed by atoms with Crippen LogP contribution in [0, 0.1) is 11.6 Å². The maximum atomic E-state index is 14.5. The van der Waals surface area contributed by atoms with E-state index in [1.165, 1.54) is 6.07 Å². The Kier molecular flexibility index (Phi) is 7.37. The summed E-state index contributed by atoms with van der Waals surface area (Å²) in [7, 11) is 1.82. The van der Waals surface area contributed by atoms with Crippen molar-refractivity contribution in [2.24, 2.45) is 7.05 Å². The zero-order valence-corrected chi connectivity index (χ0v) is 21.8. The lowest BCUT2D eigenvalue weighted by Crippen LogP contribution is -2.27. The Morgan fingerprint density at radius 2 is 1.82 bits per heavy atom. The van der Waals surface area contributed by atoms with Crippen molar-refractivity contribution in [1.82, 2.24) is 19.4 Å². The van der Waals surface area contributed by atoms with E-state index in [1.54, 1.807) is 29.0 Å². The normalized spacial score (nSPS) is 13.9. The number of carbonyl (C=O) groups excluding carboxylic acids is 1. The molecule has 3 heterocycles. The molecule has 0 radical (unpaired) electrons. The summed E-state index contributed by atoms with van der Waals surface area (Å²) in [6, 6.07) is 11.4. The Morgan fingerprint density at radius 1 is 1.05 bits per heavy atom. The Balaban J connectivity index is 1.31. The van der Waals surface area contributed by atoms with Crippen LogP contribution in [-0.2, 0) is 18.3 Å². The predicted octanol–water partition coefficient (Wildman–Crippen LogP) is 6.11. The first-order valence-corrected chi connectivity index (χ1v) is 12.9. The molecule has 1 saturated heterocycles. The molecule has 4 aromatic rings. The van der Waals surface area contributed by atoms with Gasteiger partial charge in [-0.2, -0.15) is 0 Å². The highest BCUT2D eigenvalue weighted by molar-refractivity contribution is 5.83. The first-order chi connectivity index (χ1) is 18.3. The van der Waals surface area contributed by atoms with Gasteiger partial charge in [0.1, 0.15) is 23.1 Å². The third kappa shape index (κ3) is 5.67. The van der Waals surface area contributed by atoms with Crippen molar-refractivity contribution in [1.29, 1.82) is 0 Å². The van der Waals surface area contributed by atoms with Gasteiger partial charge in [0.25, 0.3) is 0 Å². The van der Waals surface area contributed by atoms with Crippen molar-refractivity contribution < 1.29 is 18.3 Å². The minimum atomic E-state index is -0.685. The number of ether oxygens (including phenoxy) is 1. The number of halogens is 2. The number of fused-ring (bicyclic) bond motifs is 1. The van der Waals surface area contributed by atoms with E-state index in [4.69, 9.17) is 4.74 Å². The molecule has 9 heteroatoms. The summed E-state index contributed by atoms with van der Waals surface area (Å²) in [4.78, 5) is 23.6. The van der Waals surface area contributed by atoms with E-state index in [0.717, 1.165) is 37.5 Å². The third-order valence-electron chi connectivity index (χ3n) is 6.81. The summed E-state index contributed by atoms with van der Waals surface area (Å²) in [6.07, 6.45) is 4.20.